The number of hydrogen-bond donors (Lipinski definition) is 3. The number of ether oxygens (including phenoxy) is 2. The number of aromatic nitrogens is 2. The average Bonchev–Trinajstić information content (AvgIpc) is 3.09. The molecule has 0 saturated carbocycles. The molecule has 2 amide bonds. The van der Waals surface area contributed by atoms with Crippen molar-refractivity contribution in [3.05, 3.63) is 48.0 Å². The summed E-state index contributed by atoms with van der Waals surface area (Å²) in [6.07, 6.45) is 1.97. The number of carbonyl (C=O) groups excluding carboxylic acids is 1. The van der Waals surface area contributed by atoms with Crippen LogP contribution in [0.15, 0.2) is 42.5 Å². The molecule has 0 unspecified atom stereocenters. The fourth-order valence-corrected chi connectivity index (χ4v) is 2.64. The summed E-state index contributed by atoms with van der Waals surface area (Å²) in [5.41, 5.74) is 1.84. The van der Waals surface area contributed by atoms with Crippen LogP contribution in [0.3, 0.4) is 0 Å². The molecule has 0 aliphatic heterocycles. The number of urea groups is 1. The fraction of sp³-hybridized carbons (Fsp3) is 0.300. The van der Waals surface area contributed by atoms with E-state index in [4.69, 9.17) is 9.47 Å². The van der Waals surface area contributed by atoms with Gasteiger partial charge < -0.3 is 14.8 Å². The number of benzene rings is 2. The van der Waals surface area contributed by atoms with Gasteiger partial charge in [0.15, 0.2) is 5.82 Å². The minimum Gasteiger partial charge on any atom is -0.497 e. The third-order valence-corrected chi connectivity index (χ3v) is 4.12. The molecule has 0 bridgehead atoms. The number of aromatic amines is 1. The highest BCUT2D eigenvalue weighted by Crippen LogP contribution is 2.26. The van der Waals surface area contributed by atoms with Gasteiger partial charge in [0, 0.05) is 11.9 Å². The summed E-state index contributed by atoms with van der Waals surface area (Å²) in [5, 5.41) is 13.5. The van der Waals surface area contributed by atoms with E-state index >= 15 is 0 Å². The molecule has 1 heterocycles. The number of fused-ring (bicyclic) bond motifs is 1. The summed E-state index contributed by atoms with van der Waals surface area (Å²) >= 11 is 0. The molecule has 0 radical (unpaired) electrons. The van der Waals surface area contributed by atoms with Crippen molar-refractivity contribution in [1.29, 1.82) is 0 Å². The predicted octanol–water partition coefficient (Wildman–Crippen LogP) is 4.07. The Bertz CT molecular complexity index is 907. The van der Waals surface area contributed by atoms with Crippen LogP contribution in [0.1, 0.15) is 25.3 Å². The monoisotopic (exact) mass is 368 g/mol. The molecule has 0 spiro atoms. The minimum absolute atomic E-state index is 0.264. The Hall–Kier alpha value is -3.22. The average molecular weight is 368 g/mol. The molecule has 0 atom stereocenters. The first-order valence-corrected chi connectivity index (χ1v) is 8.98. The summed E-state index contributed by atoms with van der Waals surface area (Å²) in [5.74, 6) is 1.97. The van der Waals surface area contributed by atoms with Crippen LogP contribution in [0.4, 0.5) is 10.6 Å². The van der Waals surface area contributed by atoms with Crippen molar-refractivity contribution in [3.8, 4) is 11.5 Å². The molecule has 7 heteroatoms. The van der Waals surface area contributed by atoms with Crippen molar-refractivity contribution in [2.45, 2.75) is 26.4 Å². The van der Waals surface area contributed by atoms with Crippen LogP contribution in [0.25, 0.3) is 10.9 Å². The van der Waals surface area contributed by atoms with Crippen LogP contribution in [0, 0.1) is 0 Å². The normalized spacial score (nSPS) is 10.6. The lowest BCUT2D eigenvalue weighted by molar-refractivity contribution is 0.252. The molecule has 3 N–H and O–H groups in total. The molecule has 0 saturated heterocycles. The number of methoxy groups -OCH3 is 1. The zero-order valence-corrected chi connectivity index (χ0v) is 15.5. The van der Waals surface area contributed by atoms with Gasteiger partial charge in [0.25, 0.3) is 0 Å². The van der Waals surface area contributed by atoms with Gasteiger partial charge in [-0.25, -0.2) is 4.79 Å². The van der Waals surface area contributed by atoms with Gasteiger partial charge in [-0.2, -0.15) is 5.10 Å². The molecular weight excluding hydrogens is 344 g/mol. The van der Waals surface area contributed by atoms with Gasteiger partial charge in [-0.1, -0.05) is 25.5 Å². The quantitative estimate of drug-likeness (QED) is 0.523. The van der Waals surface area contributed by atoms with Crippen LogP contribution in [-0.2, 0) is 6.61 Å². The number of carbonyl (C=O) groups is 1. The second kappa shape index (κ2) is 8.93. The summed E-state index contributed by atoms with van der Waals surface area (Å²) in [6, 6.07) is 13.1. The Morgan fingerprint density at radius 1 is 1.19 bits per heavy atom. The van der Waals surface area contributed by atoms with E-state index < -0.39 is 0 Å². The second-order valence-electron chi connectivity index (χ2n) is 6.15. The SMILES string of the molecule is CCCCNC(=O)Nc1n[nH]c2ccc(OCc3cccc(OC)c3)cc12. The van der Waals surface area contributed by atoms with Gasteiger partial charge in [0.05, 0.1) is 12.6 Å². The molecule has 3 aromatic rings. The summed E-state index contributed by atoms with van der Waals surface area (Å²) in [6.45, 7) is 3.13. The lowest BCUT2D eigenvalue weighted by Crippen LogP contribution is -2.29. The first-order valence-electron chi connectivity index (χ1n) is 8.98. The fourth-order valence-electron chi connectivity index (χ4n) is 2.64. The Morgan fingerprint density at radius 3 is 2.89 bits per heavy atom. The third kappa shape index (κ3) is 4.91. The van der Waals surface area contributed by atoms with E-state index in [-0.39, 0.29) is 6.03 Å². The number of H-pyrrole nitrogens is 1. The molecule has 2 aromatic carbocycles. The van der Waals surface area contributed by atoms with E-state index in [1.165, 1.54) is 0 Å². The van der Waals surface area contributed by atoms with Gasteiger partial charge in [-0.15, -0.1) is 0 Å². The zero-order chi connectivity index (χ0) is 19.1. The topological polar surface area (TPSA) is 88.3 Å². The van der Waals surface area contributed by atoms with Crippen LogP contribution in [0.5, 0.6) is 11.5 Å². The van der Waals surface area contributed by atoms with Crippen molar-refractivity contribution in [3.63, 3.8) is 0 Å². The number of unbranched alkanes of at least 4 members (excludes halogenated alkanes) is 1. The number of anilines is 1. The van der Waals surface area contributed by atoms with Crippen molar-refractivity contribution < 1.29 is 14.3 Å². The van der Waals surface area contributed by atoms with E-state index in [9.17, 15) is 4.79 Å². The zero-order valence-electron chi connectivity index (χ0n) is 15.5. The highest BCUT2D eigenvalue weighted by Gasteiger charge is 2.10. The first-order chi connectivity index (χ1) is 13.2. The van der Waals surface area contributed by atoms with E-state index in [0.29, 0.717) is 24.7 Å². The molecular formula is C20H24N4O3. The summed E-state index contributed by atoms with van der Waals surface area (Å²) < 4.78 is 11.1. The van der Waals surface area contributed by atoms with Gasteiger partial charge >= 0.3 is 6.03 Å². The first kappa shape index (κ1) is 18.6. The van der Waals surface area contributed by atoms with Crippen molar-refractivity contribution >= 4 is 22.8 Å². The third-order valence-electron chi connectivity index (χ3n) is 4.12. The molecule has 27 heavy (non-hydrogen) atoms. The highest BCUT2D eigenvalue weighted by atomic mass is 16.5. The standard InChI is InChI=1S/C20H24N4O3/c1-3-4-10-21-20(25)22-19-17-12-16(8-9-18(17)23-24-19)27-13-14-6-5-7-15(11-14)26-2/h5-9,11-12H,3-4,10,13H2,1-2H3,(H3,21,22,23,24,25). The molecule has 0 fully saturated rings. The van der Waals surface area contributed by atoms with Crippen molar-refractivity contribution in [1.82, 2.24) is 15.5 Å². The van der Waals surface area contributed by atoms with Crippen LogP contribution >= 0.6 is 0 Å². The highest BCUT2D eigenvalue weighted by molar-refractivity contribution is 5.99. The predicted molar refractivity (Wildman–Crippen MR) is 105 cm³/mol. The van der Waals surface area contributed by atoms with Gasteiger partial charge in [-0.05, 0) is 42.3 Å². The maximum atomic E-state index is 12.0. The maximum absolute atomic E-state index is 12.0. The molecule has 3 rings (SSSR count). The summed E-state index contributed by atoms with van der Waals surface area (Å²) in [4.78, 5) is 12.0. The van der Waals surface area contributed by atoms with Gasteiger partial charge in [0.1, 0.15) is 18.1 Å². The van der Waals surface area contributed by atoms with Gasteiger partial charge in [0.2, 0.25) is 0 Å². The van der Waals surface area contributed by atoms with Crippen LogP contribution < -0.4 is 20.1 Å². The molecule has 0 aliphatic carbocycles. The van der Waals surface area contributed by atoms with E-state index in [2.05, 4.69) is 27.8 Å². The van der Waals surface area contributed by atoms with Crippen LogP contribution in [0.2, 0.25) is 0 Å². The Kier molecular flexibility index (Phi) is 6.14. The Morgan fingerprint density at radius 2 is 2.07 bits per heavy atom. The van der Waals surface area contributed by atoms with E-state index in [1.54, 1.807) is 7.11 Å². The molecule has 7 nitrogen and oxygen atoms in total. The lowest BCUT2D eigenvalue weighted by atomic mass is 10.2. The van der Waals surface area contributed by atoms with Crippen molar-refractivity contribution in [2.24, 2.45) is 0 Å². The van der Waals surface area contributed by atoms with Crippen LogP contribution in [-0.4, -0.2) is 29.9 Å². The van der Waals surface area contributed by atoms with E-state index in [1.807, 2.05) is 42.5 Å². The lowest BCUT2D eigenvalue weighted by Gasteiger charge is -2.08. The number of rotatable bonds is 8. The molecule has 142 valence electrons. The van der Waals surface area contributed by atoms with Crippen molar-refractivity contribution in [2.75, 3.05) is 19.0 Å². The smallest absolute Gasteiger partial charge is 0.320 e. The van der Waals surface area contributed by atoms with E-state index in [0.717, 1.165) is 35.1 Å². The number of nitrogens with zero attached hydrogens (tertiary/aromatic N) is 1. The Balaban J connectivity index is 1.67. The summed E-state index contributed by atoms with van der Waals surface area (Å²) in [7, 11) is 1.64. The second-order valence-corrected chi connectivity index (χ2v) is 6.15. The largest absolute Gasteiger partial charge is 0.497 e. The van der Waals surface area contributed by atoms with Gasteiger partial charge in [-0.3, -0.25) is 10.4 Å². The maximum Gasteiger partial charge on any atom is 0.320 e. The minimum atomic E-state index is -0.264. The number of nitrogens with one attached hydrogen (secondary N) is 3. The number of amides is 2. The molecule has 1 aromatic heterocycles. The number of hydrogen-bond acceptors (Lipinski definition) is 4. The molecule has 0 aliphatic rings. The Labute approximate surface area is 158 Å².